The Kier molecular flexibility index (Phi) is 7.29. The smallest absolute Gasteiger partial charge is 0.440 e. The molecule has 4 rings (SSSR count). The van der Waals surface area contributed by atoms with Crippen LogP contribution in [-0.4, -0.2) is 22.9 Å². The monoisotopic (exact) mass is 461 g/mol. The van der Waals surface area contributed by atoms with Crippen molar-refractivity contribution in [2.24, 2.45) is 5.73 Å². The zero-order valence-electron chi connectivity index (χ0n) is 19.0. The van der Waals surface area contributed by atoms with Crippen molar-refractivity contribution in [3.05, 3.63) is 104 Å². The first-order chi connectivity index (χ1) is 16.5. The van der Waals surface area contributed by atoms with Crippen molar-refractivity contribution in [2.45, 2.75) is 26.5 Å². The van der Waals surface area contributed by atoms with Gasteiger partial charge >= 0.3 is 11.4 Å². The molecule has 0 radical (unpaired) electrons. The van der Waals surface area contributed by atoms with Gasteiger partial charge in [0.15, 0.2) is 0 Å². The molecule has 0 fully saturated rings. The first-order valence-corrected chi connectivity index (χ1v) is 11.1. The molecule has 34 heavy (non-hydrogen) atoms. The molecule has 8 heteroatoms. The quantitative estimate of drug-likeness (QED) is 0.350. The molecule has 0 spiro atoms. The van der Waals surface area contributed by atoms with Crippen molar-refractivity contribution < 1.29 is 14.0 Å². The predicted molar refractivity (Wildman–Crippen MR) is 129 cm³/mol. The van der Waals surface area contributed by atoms with Gasteiger partial charge in [0.05, 0.1) is 13.2 Å². The summed E-state index contributed by atoms with van der Waals surface area (Å²) in [5.41, 5.74) is 10.2. The summed E-state index contributed by atoms with van der Waals surface area (Å²) in [7, 11) is 0. The fourth-order valence-corrected chi connectivity index (χ4v) is 3.59. The first-order valence-electron chi connectivity index (χ1n) is 11.1. The van der Waals surface area contributed by atoms with E-state index in [4.69, 9.17) is 19.7 Å². The number of nitrogens with two attached hydrogens (primary N) is 1. The topological polar surface area (TPSA) is 112 Å². The van der Waals surface area contributed by atoms with Crippen molar-refractivity contribution in [1.82, 2.24) is 9.72 Å². The molecule has 0 aliphatic heterocycles. The molecular formula is C26H27N3O5. The lowest BCUT2D eigenvalue weighted by atomic mass is 9.99. The Balaban J connectivity index is 1.38. The van der Waals surface area contributed by atoms with Gasteiger partial charge in [-0.05, 0) is 78.0 Å². The van der Waals surface area contributed by atoms with Gasteiger partial charge in [0.1, 0.15) is 18.1 Å². The number of H-pyrrole nitrogens is 1. The van der Waals surface area contributed by atoms with Crippen molar-refractivity contribution in [3.8, 4) is 22.6 Å². The van der Waals surface area contributed by atoms with E-state index in [-0.39, 0.29) is 6.54 Å². The molecule has 0 saturated heterocycles. The number of hydrogen-bond acceptors (Lipinski definition) is 6. The lowest BCUT2D eigenvalue weighted by Crippen LogP contribution is -2.17. The molecule has 3 aromatic carbocycles. The fourth-order valence-electron chi connectivity index (χ4n) is 3.59. The van der Waals surface area contributed by atoms with Gasteiger partial charge in [-0.15, -0.1) is 4.74 Å². The summed E-state index contributed by atoms with van der Waals surface area (Å²) < 4.78 is 17.4. The van der Waals surface area contributed by atoms with Crippen LogP contribution in [0.3, 0.4) is 0 Å². The Bertz CT molecular complexity index is 1350. The minimum absolute atomic E-state index is 0.163. The lowest BCUT2D eigenvalue weighted by molar-refractivity contribution is 0.258. The van der Waals surface area contributed by atoms with Gasteiger partial charge in [-0.2, -0.15) is 0 Å². The predicted octanol–water partition coefficient (Wildman–Crippen LogP) is 3.46. The highest BCUT2D eigenvalue weighted by molar-refractivity contribution is 5.68. The molecule has 4 aromatic rings. The van der Waals surface area contributed by atoms with E-state index in [1.165, 1.54) is 0 Å². The molecule has 0 atom stereocenters. The second kappa shape index (κ2) is 10.7. The SMILES string of the molecule is Cc1cc(OCCCN)ccc1-c1cccc(COc2ccc(Cn3oc(=O)[nH]c3=O)cc2)c1. The number of ether oxygens (including phenoxy) is 2. The molecule has 0 unspecified atom stereocenters. The van der Waals surface area contributed by atoms with Crippen LogP contribution in [0.1, 0.15) is 23.1 Å². The molecule has 0 bridgehead atoms. The maximum atomic E-state index is 11.6. The molecule has 1 aromatic heterocycles. The second-order valence-electron chi connectivity index (χ2n) is 7.95. The third kappa shape index (κ3) is 5.85. The van der Waals surface area contributed by atoms with Crippen molar-refractivity contribution in [2.75, 3.05) is 13.2 Å². The summed E-state index contributed by atoms with van der Waals surface area (Å²) in [6, 6.07) is 21.6. The Labute approximate surface area is 196 Å². The van der Waals surface area contributed by atoms with Gasteiger partial charge in [-0.25, -0.2) is 14.6 Å². The number of hydrogen-bond donors (Lipinski definition) is 2. The second-order valence-corrected chi connectivity index (χ2v) is 7.95. The van der Waals surface area contributed by atoms with Crippen LogP contribution in [0, 0.1) is 6.92 Å². The number of nitrogens with one attached hydrogen (secondary N) is 1. The molecular weight excluding hydrogens is 434 g/mol. The van der Waals surface area contributed by atoms with E-state index in [1.807, 2.05) is 48.5 Å². The number of aryl methyl sites for hydroxylation is 1. The van der Waals surface area contributed by atoms with Gasteiger partial charge in [0.2, 0.25) is 0 Å². The summed E-state index contributed by atoms with van der Waals surface area (Å²) in [5.74, 6) is 0.780. The van der Waals surface area contributed by atoms with E-state index in [0.29, 0.717) is 25.5 Å². The van der Waals surface area contributed by atoms with Crippen LogP contribution in [-0.2, 0) is 13.2 Å². The van der Waals surface area contributed by atoms with Gasteiger partial charge in [-0.3, -0.25) is 0 Å². The number of nitrogens with zero attached hydrogens (tertiary/aromatic N) is 1. The third-order valence-corrected chi connectivity index (χ3v) is 5.34. The summed E-state index contributed by atoms with van der Waals surface area (Å²) in [4.78, 5) is 24.7. The number of aromatic nitrogens is 2. The number of aromatic amines is 1. The summed E-state index contributed by atoms with van der Waals surface area (Å²) in [6.45, 7) is 3.88. The Morgan fingerprint density at radius 2 is 1.74 bits per heavy atom. The highest BCUT2D eigenvalue weighted by Gasteiger charge is 2.07. The number of rotatable bonds is 10. The minimum Gasteiger partial charge on any atom is -0.494 e. The molecule has 1 heterocycles. The normalized spacial score (nSPS) is 10.9. The zero-order chi connectivity index (χ0) is 23.9. The van der Waals surface area contributed by atoms with Crippen molar-refractivity contribution in [1.29, 1.82) is 0 Å². The maximum absolute atomic E-state index is 11.6. The third-order valence-electron chi connectivity index (χ3n) is 5.34. The summed E-state index contributed by atoms with van der Waals surface area (Å²) in [6.07, 6.45) is 0.830. The van der Waals surface area contributed by atoms with E-state index < -0.39 is 11.4 Å². The van der Waals surface area contributed by atoms with Gasteiger partial charge < -0.3 is 19.7 Å². The van der Waals surface area contributed by atoms with Crippen LogP contribution in [0.15, 0.2) is 80.8 Å². The van der Waals surface area contributed by atoms with Crippen LogP contribution in [0.5, 0.6) is 11.5 Å². The average Bonchev–Trinajstić information content (AvgIpc) is 3.15. The summed E-state index contributed by atoms with van der Waals surface area (Å²) in [5, 5.41) is 0. The zero-order valence-corrected chi connectivity index (χ0v) is 19.0. The minimum atomic E-state index is -0.769. The van der Waals surface area contributed by atoms with Crippen molar-refractivity contribution in [3.63, 3.8) is 0 Å². The molecule has 3 N–H and O–H groups in total. The van der Waals surface area contributed by atoms with Crippen molar-refractivity contribution >= 4 is 0 Å². The summed E-state index contributed by atoms with van der Waals surface area (Å²) >= 11 is 0. The molecule has 0 saturated carbocycles. The Hall–Kier alpha value is -4.04. The first kappa shape index (κ1) is 23.1. The molecule has 176 valence electrons. The maximum Gasteiger partial charge on any atom is 0.440 e. The fraction of sp³-hybridized carbons (Fsp3) is 0.231. The van der Waals surface area contributed by atoms with Gasteiger partial charge in [0.25, 0.3) is 0 Å². The Morgan fingerprint density at radius 3 is 2.44 bits per heavy atom. The van der Waals surface area contributed by atoms with E-state index in [2.05, 4.69) is 30.1 Å². The van der Waals surface area contributed by atoms with Crippen LogP contribution in [0.2, 0.25) is 0 Å². The van der Waals surface area contributed by atoms with Gasteiger partial charge in [0, 0.05) is 0 Å². The standard InChI is InChI=1S/C26H27N3O5/c1-18-14-23(32-13-3-12-27)10-11-24(18)21-5-2-4-20(15-21)17-33-22-8-6-19(7-9-22)16-29-25(30)28-26(31)34-29/h2,4-11,14-15H,3,12-13,16-17,27H2,1H3,(H,28,30,31). The highest BCUT2D eigenvalue weighted by atomic mass is 16.5. The van der Waals surface area contributed by atoms with Crippen LogP contribution < -0.4 is 26.7 Å². The highest BCUT2D eigenvalue weighted by Crippen LogP contribution is 2.28. The van der Waals surface area contributed by atoms with E-state index in [0.717, 1.165) is 44.7 Å². The van der Waals surface area contributed by atoms with Crippen LogP contribution in [0.4, 0.5) is 0 Å². The number of benzene rings is 3. The van der Waals surface area contributed by atoms with Crippen LogP contribution >= 0.6 is 0 Å². The van der Waals surface area contributed by atoms with Crippen LogP contribution in [0.25, 0.3) is 11.1 Å². The molecule has 0 aliphatic carbocycles. The van der Waals surface area contributed by atoms with E-state index >= 15 is 0 Å². The largest absolute Gasteiger partial charge is 0.494 e. The molecule has 0 aliphatic rings. The molecule has 8 nitrogen and oxygen atoms in total. The Morgan fingerprint density at radius 1 is 0.941 bits per heavy atom. The van der Waals surface area contributed by atoms with Gasteiger partial charge in [-0.1, -0.05) is 36.4 Å². The van der Waals surface area contributed by atoms with E-state index in [9.17, 15) is 9.59 Å². The average molecular weight is 462 g/mol. The lowest BCUT2D eigenvalue weighted by Gasteiger charge is -2.12. The van der Waals surface area contributed by atoms with E-state index in [1.54, 1.807) is 0 Å². The molecule has 0 amide bonds.